The number of nitriles is 1. The molecule has 0 spiro atoms. The van der Waals surface area contributed by atoms with Crippen LogP contribution < -0.4 is 0 Å². The molecule has 0 aliphatic heterocycles. The first-order valence-corrected chi connectivity index (χ1v) is 5.75. The highest BCUT2D eigenvalue weighted by atomic mass is 32.1. The van der Waals surface area contributed by atoms with Crippen molar-refractivity contribution in [3.63, 3.8) is 0 Å². The molecule has 0 saturated heterocycles. The molecular weight excluding hydrogens is 194 g/mol. The van der Waals surface area contributed by atoms with E-state index >= 15 is 0 Å². The minimum Gasteiger partial charge on any atom is -0.377 e. The Labute approximate surface area is 89.1 Å². The summed E-state index contributed by atoms with van der Waals surface area (Å²) < 4.78 is 5.59. The summed E-state index contributed by atoms with van der Waals surface area (Å²) in [6, 6.07) is 6.30. The van der Waals surface area contributed by atoms with Crippen LogP contribution in [0.15, 0.2) is 17.5 Å². The third-order valence-corrected chi connectivity index (χ3v) is 2.99. The van der Waals surface area contributed by atoms with E-state index in [9.17, 15) is 0 Å². The Kier molecular flexibility index (Phi) is 5.28. The van der Waals surface area contributed by atoms with Crippen molar-refractivity contribution in [2.24, 2.45) is 0 Å². The number of hydrogen-bond donors (Lipinski definition) is 0. The molecule has 14 heavy (non-hydrogen) atoms. The second kappa shape index (κ2) is 6.58. The van der Waals surface area contributed by atoms with Crippen molar-refractivity contribution < 1.29 is 4.74 Å². The average molecular weight is 209 g/mol. The Morgan fingerprint density at radius 1 is 1.64 bits per heavy atom. The van der Waals surface area contributed by atoms with Gasteiger partial charge in [0.25, 0.3) is 0 Å². The van der Waals surface area contributed by atoms with Crippen LogP contribution in [0, 0.1) is 11.3 Å². The zero-order valence-corrected chi connectivity index (χ0v) is 9.22. The number of nitrogens with zero attached hydrogens (tertiary/aromatic N) is 1. The van der Waals surface area contributed by atoms with Gasteiger partial charge >= 0.3 is 0 Å². The molecule has 0 aromatic carbocycles. The highest BCUT2D eigenvalue weighted by molar-refractivity contribution is 7.09. The van der Waals surface area contributed by atoms with E-state index in [2.05, 4.69) is 17.5 Å². The summed E-state index contributed by atoms with van der Waals surface area (Å²) in [4.78, 5) is 1.34. The highest BCUT2D eigenvalue weighted by Gasteiger charge is 2.05. The van der Waals surface area contributed by atoms with Crippen LogP contribution in [0.1, 0.15) is 24.6 Å². The van der Waals surface area contributed by atoms with Crippen LogP contribution in [0.25, 0.3) is 0 Å². The van der Waals surface area contributed by atoms with Gasteiger partial charge in [0.1, 0.15) is 0 Å². The SMILES string of the molecule is CCC(CC#N)OCCc1cccs1. The summed E-state index contributed by atoms with van der Waals surface area (Å²) in [5.74, 6) is 0. The van der Waals surface area contributed by atoms with Gasteiger partial charge in [-0.05, 0) is 17.9 Å². The zero-order valence-electron chi connectivity index (χ0n) is 8.40. The monoisotopic (exact) mass is 209 g/mol. The van der Waals surface area contributed by atoms with E-state index in [1.807, 2.05) is 13.0 Å². The van der Waals surface area contributed by atoms with E-state index in [-0.39, 0.29) is 6.10 Å². The molecule has 0 aliphatic rings. The maximum absolute atomic E-state index is 8.52. The van der Waals surface area contributed by atoms with Crippen LogP contribution in [0.4, 0.5) is 0 Å². The van der Waals surface area contributed by atoms with E-state index in [4.69, 9.17) is 10.00 Å². The quantitative estimate of drug-likeness (QED) is 0.721. The van der Waals surface area contributed by atoms with E-state index < -0.39 is 0 Å². The standard InChI is InChI=1S/C11H15NOS/c1-2-10(5-7-12)13-8-6-11-4-3-9-14-11/h3-4,9-10H,2,5-6,8H2,1H3. The molecule has 0 fully saturated rings. The molecule has 0 radical (unpaired) electrons. The van der Waals surface area contributed by atoms with E-state index in [0.717, 1.165) is 19.4 Å². The van der Waals surface area contributed by atoms with Crippen molar-refractivity contribution in [2.75, 3.05) is 6.61 Å². The van der Waals surface area contributed by atoms with Gasteiger partial charge in [-0.15, -0.1) is 11.3 Å². The Morgan fingerprint density at radius 3 is 3.07 bits per heavy atom. The summed E-state index contributed by atoms with van der Waals surface area (Å²) in [5.41, 5.74) is 0. The molecule has 0 N–H and O–H groups in total. The lowest BCUT2D eigenvalue weighted by molar-refractivity contribution is 0.0564. The van der Waals surface area contributed by atoms with Crippen molar-refractivity contribution in [1.29, 1.82) is 5.26 Å². The van der Waals surface area contributed by atoms with Gasteiger partial charge in [0.05, 0.1) is 25.2 Å². The minimum absolute atomic E-state index is 0.111. The maximum atomic E-state index is 8.52. The Morgan fingerprint density at radius 2 is 2.50 bits per heavy atom. The van der Waals surface area contributed by atoms with E-state index in [1.165, 1.54) is 4.88 Å². The second-order valence-electron chi connectivity index (χ2n) is 3.09. The molecule has 0 bridgehead atoms. The fraction of sp³-hybridized carbons (Fsp3) is 0.545. The first-order chi connectivity index (χ1) is 6.86. The Hall–Kier alpha value is -0.850. The summed E-state index contributed by atoms with van der Waals surface area (Å²) in [6.45, 7) is 2.77. The predicted molar refractivity (Wildman–Crippen MR) is 58.3 cm³/mol. The van der Waals surface area contributed by atoms with Gasteiger partial charge in [-0.1, -0.05) is 13.0 Å². The molecule has 0 saturated carbocycles. The fourth-order valence-corrected chi connectivity index (χ4v) is 1.89. The third-order valence-electron chi connectivity index (χ3n) is 2.06. The highest BCUT2D eigenvalue weighted by Crippen LogP contribution is 2.10. The van der Waals surface area contributed by atoms with Crippen molar-refractivity contribution in [1.82, 2.24) is 0 Å². The lowest BCUT2D eigenvalue weighted by Gasteiger charge is -2.11. The van der Waals surface area contributed by atoms with Crippen LogP contribution in [0.3, 0.4) is 0 Å². The van der Waals surface area contributed by atoms with E-state index in [1.54, 1.807) is 11.3 Å². The molecular formula is C11H15NOS. The lowest BCUT2D eigenvalue weighted by Crippen LogP contribution is -2.12. The van der Waals surface area contributed by atoms with Gasteiger partial charge in [0.15, 0.2) is 0 Å². The normalized spacial score (nSPS) is 12.3. The molecule has 0 aliphatic carbocycles. The Balaban J connectivity index is 2.17. The molecule has 76 valence electrons. The average Bonchev–Trinajstić information content (AvgIpc) is 2.69. The van der Waals surface area contributed by atoms with Crippen LogP contribution in [-0.4, -0.2) is 12.7 Å². The van der Waals surface area contributed by atoms with Crippen LogP contribution >= 0.6 is 11.3 Å². The van der Waals surface area contributed by atoms with Gasteiger partial charge in [-0.2, -0.15) is 5.26 Å². The van der Waals surface area contributed by atoms with Gasteiger partial charge < -0.3 is 4.74 Å². The largest absolute Gasteiger partial charge is 0.377 e. The van der Waals surface area contributed by atoms with Crippen molar-refractivity contribution >= 4 is 11.3 Å². The van der Waals surface area contributed by atoms with Gasteiger partial charge in [0.2, 0.25) is 0 Å². The predicted octanol–water partition coefficient (Wildman–Crippen LogP) is 3.00. The zero-order chi connectivity index (χ0) is 10.2. The summed E-state index contributed by atoms with van der Waals surface area (Å²) in [6.07, 6.45) is 2.48. The summed E-state index contributed by atoms with van der Waals surface area (Å²) in [5, 5.41) is 10.6. The molecule has 0 amide bonds. The lowest BCUT2D eigenvalue weighted by atomic mass is 10.2. The van der Waals surface area contributed by atoms with Gasteiger partial charge in [0, 0.05) is 11.3 Å². The molecule has 3 heteroatoms. The van der Waals surface area contributed by atoms with Crippen molar-refractivity contribution in [3.05, 3.63) is 22.4 Å². The molecule has 1 atom stereocenters. The first kappa shape index (κ1) is 11.2. The van der Waals surface area contributed by atoms with Crippen LogP contribution in [-0.2, 0) is 11.2 Å². The summed E-state index contributed by atoms with van der Waals surface area (Å²) >= 11 is 1.75. The number of hydrogen-bond acceptors (Lipinski definition) is 3. The third kappa shape index (κ3) is 3.91. The van der Waals surface area contributed by atoms with Crippen molar-refractivity contribution in [3.8, 4) is 6.07 Å². The molecule has 1 unspecified atom stereocenters. The van der Waals surface area contributed by atoms with Crippen LogP contribution in [0.2, 0.25) is 0 Å². The molecule has 1 rings (SSSR count). The van der Waals surface area contributed by atoms with Crippen molar-refractivity contribution in [2.45, 2.75) is 32.3 Å². The molecule has 1 aromatic rings. The van der Waals surface area contributed by atoms with Crippen LogP contribution in [0.5, 0.6) is 0 Å². The molecule has 1 aromatic heterocycles. The number of rotatable bonds is 6. The van der Waals surface area contributed by atoms with E-state index in [0.29, 0.717) is 6.42 Å². The molecule has 2 nitrogen and oxygen atoms in total. The van der Waals surface area contributed by atoms with Gasteiger partial charge in [-0.25, -0.2) is 0 Å². The smallest absolute Gasteiger partial charge is 0.0702 e. The molecule has 1 heterocycles. The Bertz CT molecular complexity index is 276. The number of thiophene rings is 1. The van der Waals surface area contributed by atoms with Gasteiger partial charge in [-0.3, -0.25) is 0 Å². The second-order valence-corrected chi connectivity index (χ2v) is 4.12. The number of ether oxygens (including phenoxy) is 1. The maximum Gasteiger partial charge on any atom is 0.0702 e. The first-order valence-electron chi connectivity index (χ1n) is 4.87. The summed E-state index contributed by atoms with van der Waals surface area (Å²) in [7, 11) is 0. The topological polar surface area (TPSA) is 33.0 Å². The fourth-order valence-electron chi connectivity index (χ4n) is 1.20. The minimum atomic E-state index is 0.111.